The number of esters is 1. The molecule has 1 fully saturated rings. The predicted octanol–water partition coefficient (Wildman–Crippen LogP) is 0.628. The number of nitrogens with zero attached hydrogens (tertiary/aromatic N) is 1. The molecule has 0 unspecified atom stereocenters. The second-order valence-corrected chi connectivity index (χ2v) is 7.38. The molecule has 1 saturated heterocycles. The van der Waals surface area contributed by atoms with Crippen LogP contribution in [-0.4, -0.2) is 56.4 Å². The Kier molecular flexibility index (Phi) is 4.80. The second-order valence-electron chi connectivity index (χ2n) is 5.15. The number of hydrogen-bond acceptors (Lipinski definition) is 5. The van der Waals surface area contributed by atoms with E-state index in [1.54, 1.807) is 0 Å². The minimum absolute atomic E-state index is 0.0129. The van der Waals surface area contributed by atoms with Crippen LogP contribution in [0.15, 0.2) is 24.3 Å². The van der Waals surface area contributed by atoms with E-state index in [0.717, 1.165) is 6.07 Å². The topological polar surface area (TPSA) is 80.8 Å². The van der Waals surface area contributed by atoms with Crippen molar-refractivity contribution in [2.75, 3.05) is 25.2 Å². The molecule has 0 bridgehead atoms. The van der Waals surface area contributed by atoms with Crippen molar-refractivity contribution in [3.63, 3.8) is 0 Å². The van der Waals surface area contributed by atoms with E-state index in [0.29, 0.717) is 6.42 Å². The largest absolute Gasteiger partial charge is 0.452 e. The fourth-order valence-electron chi connectivity index (χ4n) is 2.21. The minimum Gasteiger partial charge on any atom is -0.452 e. The van der Waals surface area contributed by atoms with E-state index in [-0.39, 0.29) is 17.1 Å². The lowest BCUT2D eigenvalue weighted by Gasteiger charge is -2.23. The Balaban J connectivity index is 1.88. The number of carbonyl (C=O) groups is 2. The maximum absolute atomic E-state index is 13.0. The van der Waals surface area contributed by atoms with Crippen LogP contribution in [0.3, 0.4) is 0 Å². The van der Waals surface area contributed by atoms with Crippen molar-refractivity contribution in [2.45, 2.75) is 12.5 Å². The molecule has 1 aliphatic rings. The number of halogens is 1. The maximum atomic E-state index is 13.0. The maximum Gasteiger partial charge on any atom is 0.338 e. The molecule has 1 atom stereocenters. The Bertz CT molecular complexity index is 688. The van der Waals surface area contributed by atoms with Gasteiger partial charge in [-0.25, -0.2) is 17.6 Å². The van der Waals surface area contributed by atoms with Crippen LogP contribution < -0.4 is 0 Å². The van der Waals surface area contributed by atoms with Crippen molar-refractivity contribution in [3.05, 3.63) is 35.6 Å². The summed E-state index contributed by atoms with van der Waals surface area (Å²) in [5.74, 6) is -1.90. The third-order valence-corrected chi connectivity index (χ3v) is 5.29. The normalized spacial score (nSPS) is 19.6. The van der Waals surface area contributed by atoms with Gasteiger partial charge in [-0.1, -0.05) is 6.07 Å². The summed E-state index contributed by atoms with van der Waals surface area (Å²) < 4.78 is 40.6. The van der Waals surface area contributed by atoms with E-state index in [4.69, 9.17) is 4.74 Å². The quantitative estimate of drug-likeness (QED) is 0.757. The monoisotopic (exact) mass is 329 g/mol. The number of rotatable bonds is 4. The molecule has 1 aromatic rings. The Labute approximate surface area is 127 Å². The number of likely N-dealkylation sites (N-methyl/N-ethyl adjacent to an activating group) is 1. The first kappa shape index (κ1) is 16.4. The highest BCUT2D eigenvalue weighted by atomic mass is 32.2. The van der Waals surface area contributed by atoms with Gasteiger partial charge in [-0.2, -0.15) is 0 Å². The molecule has 1 aromatic carbocycles. The zero-order valence-electron chi connectivity index (χ0n) is 12.0. The molecule has 6 nitrogen and oxygen atoms in total. The van der Waals surface area contributed by atoms with Crippen LogP contribution >= 0.6 is 0 Å². The summed E-state index contributed by atoms with van der Waals surface area (Å²) in [5.41, 5.74) is 0.0129. The summed E-state index contributed by atoms with van der Waals surface area (Å²) in [6.45, 7) is -0.512. The van der Waals surface area contributed by atoms with Crippen LogP contribution in [0.2, 0.25) is 0 Å². The van der Waals surface area contributed by atoms with Gasteiger partial charge in [0.25, 0.3) is 5.91 Å². The number of carbonyl (C=O) groups excluding carboxylic acids is 2. The van der Waals surface area contributed by atoms with Crippen LogP contribution in [0, 0.1) is 5.82 Å². The van der Waals surface area contributed by atoms with Gasteiger partial charge in [0, 0.05) is 13.1 Å². The lowest BCUT2D eigenvalue weighted by molar-refractivity contribution is -0.134. The SMILES string of the molecule is CN(C(=O)COC(=O)c1cccc(F)c1)[C@H]1CCS(=O)(=O)C1. The molecule has 0 N–H and O–H groups in total. The van der Waals surface area contributed by atoms with Crippen molar-refractivity contribution in [2.24, 2.45) is 0 Å². The lowest BCUT2D eigenvalue weighted by atomic mass is 10.2. The number of benzene rings is 1. The van der Waals surface area contributed by atoms with Crippen LogP contribution in [0.4, 0.5) is 4.39 Å². The molecule has 0 aromatic heterocycles. The molecule has 1 amide bonds. The van der Waals surface area contributed by atoms with Gasteiger partial charge in [0.15, 0.2) is 16.4 Å². The van der Waals surface area contributed by atoms with Gasteiger partial charge in [0.05, 0.1) is 17.1 Å². The van der Waals surface area contributed by atoms with Gasteiger partial charge in [-0.15, -0.1) is 0 Å². The van der Waals surface area contributed by atoms with Gasteiger partial charge in [0.1, 0.15) is 5.82 Å². The second kappa shape index (κ2) is 6.43. The average molecular weight is 329 g/mol. The van der Waals surface area contributed by atoms with Gasteiger partial charge >= 0.3 is 5.97 Å². The summed E-state index contributed by atoms with van der Waals surface area (Å²) in [4.78, 5) is 24.9. The molecule has 1 heterocycles. The summed E-state index contributed by atoms with van der Waals surface area (Å²) in [7, 11) is -1.62. The predicted molar refractivity (Wildman–Crippen MR) is 76.5 cm³/mol. The molecular weight excluding hydrogens is 313 g/mol. The molecule has 2 rings (SSSR count). The Morgan fingerprint density at radius 2 is 2.14 bits per heavy atom. The average Bonchev–Trinajstić information content (AvgIpc) is 2.83. The van der Waals surface area contributed by atoms with Crippen molar-refractivity contribution in [3.8, 4) is 0 Å². The standard InChI is InChI=1S/C14H16FNO5S/c1-16(12-5-6-22(19,20)9-12)13(17)8-21-14(18)10-3-2-4-11(15)7-10/h2-4,7,12H,5-6,8-9H2,1H3/t12-/m0/s1. The van der Waals surface area contributed by atoms with Gasteiger partial charge < -0.3 is 9.64 Å². The molecule has 22 heavy (non-hydrogen) atoms. The van der Waals surface area contributed by atoms with E-state index in [1.165, 1.54) is 30.1 Å². The Morgan fingerprint density at radius 3 is 2.73 bits per heavy atom. The zero-order valence-corrected chi connectivity index (χ0v) is 12.8. The molecule has 8 heteroatoms. The molecule has 0 radical (unpaired) electrons. The lowest BCUT2D eigenvalue weighted by Crippen LogP contribution is -2.40. The molecule has 0 saturated carbocycles. The van der Waals surface area contributed by atoms with Gasteiger partial charge in [0.2, 0.25) is 0 Å². The highest BCUT2D eigenvalue weighted by Gasteiger charge is 2.32. The number of sulfone groups is 1. The molecule has 0 aliphatic carbocycles. The zero-order chi connectivity index (χ0) is 16.3. The summed E-state index contributed by atoms with van der Waals surface area (Å²) >= 11 is 0. The van der Waals surface area contributed by atoms with E-state index >= 15 is 0 Å². The molecule has 0 spiro atoms. The van der Waals surface area contributed by atoms with E-state index in [1.807, 2.05) is 0 Å². The van der Waals surface area contributed by atoms with Crippen molar-refractivity contribution in [1.82, 2.24) is 4.90 Å². The van der Waals surface area contributed by atoms with Crippen LogP contribution in [0.5, 0.6) is 0 Å². The van der Waals surface area contributed by atoms with Gasteiger partial charge in [-0.3, -0.25) is 4.79 Å². The van der Waals surface area contributed by atoms with Crippen LogP contribution in [0.1, 0.15) is 16.8 Å². The highest BCUT2D eigenvalue weighted by molar-refractivity contribution is 7.91. The third-order valence-electron chi connectivity index (χ3n) is 3.54. The number of amides is 1. The van der Waals surface area contributed by atoms with E-state index < -0.39 is 40.2 Å². The van der Waals surface area contributed by atoms with E-state index in [2.05, 4.69) is 0 Å². The smallest absolute Gasteiger partial charge is 0.338 e. The number of hydrogen-bond donors (Lipinski definition) is 0. The summed E-state index contributed by atoms with van der Waals surface area (Å²) in [6, 6.07) is 4.55. The van der Waals surface area contributed by atoms with Crippen molar-refractivity contribution < 1.29 is 27.1 Å². The fraction of sp³-hybridized carbons (Fsp3) is 0.429. The fourth-order valence-corrected chi connectivity index (χ4v) is 3.99. The van der Waals surface area contributed by atoms with Crippen LogP contribution in [0.25, 0.3) is 0 Å². The molecule has 120 valence electrons. The van der Waals surface area contributed by atoms with Crippen molar-refractivity contribution >= 4 is 21.7 Å². The Morgan fingerprint density at radius 1 is 1.41 bits per heavy atom. The summed E-state index contributed by atoms with van der Waals surface area (Å²) in [6.07, 6.45) is 0.377. The summed E-state index contributed by atoms with van der Waals surface area (Å²) in [5, 5.41) is 0. The minimum atomic E-state index is -3.10. The third kappa shape index (κ3) is 4.03. The van der Waals surface area contributed by atoms with Crippen molar-refractivity contribution in [1.29, 1.82) is 0 Å². The first-order valence-corrected chi connectivity index (χ1v) is 8.49. The molecular formula is C14H16FNO5S. The number of ether oxygens (including phenoxy) is 1. The van der Waals surface area contributed by atoms with Gasteiger partial charge in [-0.05, 0) is 24.6 Å². The van der Waals surface area contributed by atoms with Crippen LogP contribution in [-0.2, 0) is 19.4 Å². The molecule has 1 aliphatic heterocycles. The highest BCUT2D eigenvalue weighted by Crippen LogP contribution is 2.16. The van der Waals surface area contributed by atoms with E-state index in [9.17, 15) is 22.4 Å². The first-order chi connectivity index (χ1) is 10.3. The Hall–Kier alpha value is -1.96. The first-order valence-electron chi connectivity index (χ1n) is 6.67.